The molecule has 174 valence electrons. The number of hydrogen-bond donors (Lipinski definition) is 1. The molecule has 1 heterocycles. The van der Waals surface area contributed by atoms with Gasteiger partial charge in [0.2, 0.25) is 16.1 Å². The highest BCUT2D eigenvalue weighted by molar-refractivity contribution is 7.79. The van der Waals surface area contributed by atoms with Gasteiger partial charge in [-0.15, -0.1) is 11.6 Å². The lowest BCUT2D eigenvalue weighted by molar-refractivity contribution is -0.401. The van der Waals surface area contributed by atoms with Crippen LogP contribution in [0, 0.1) is 6.92 Å². The number of allylic oxidation sites excluding steroid dienone is 1. The van der Waals surface area contributed by atoms with Gasteiger partial charge < -0.3 is 9.45 Å². The summed E-state index contributed by atoms with van der Waals surface area (Å²) in [4.78, 5) is 2.31. The molecule has 0 unspecified atom stereocenters. The third-order valence-corrected chi connectivity index (χ3v) is 5.88. The van der Waals surface area contributed by atoms with E-state index >= 15 is 0 Å². The minimum atomic E-state index is -4.92. The molecule has 0 saturated carbocycles. The number of hydrogen-bond acceptors (Lipinski definition) is 4. The van der Waals surface area contributed by atoms with Crippen molar-refractivity contribution in [1.29, 1.82) is 0 Å². The molecule has 32 heavy (non-hydrogen) atoms. The van der Waals surface area contributed by atoms with Gasteiger partial charge in [0.25, 0.3) is 0 Å². The fourth-order valence-electron chi connectivity index (χ4n) is 4.09. The summed E-state index contributed by atoms with van der Waals surface area (Å²) in [5.41, 5.74) is 7.81. The van der Waals surface area contributed by atoms with Crippen molar-refractivity contribution in [3.05, 3.63) is 65.2 Å². The number of nitrogens with zero attached hydrogens (tertiary/aromatic N) is 2. The molecule has 0 saturated heterocycles. The predicted molar refractivity (Wildman–Crippen MR) is 131 cm³/mol. The summed E-state index contributed by atoms with van der Waals surface area (Å²) in [6, 6.07) is 15.4. The van der Waals surface area contributed by atoms with Gasteiger partial charge in [0.1, 0.15) is 7.05 Å². The zero-order valence-corrected chi connectivity index (χ0v) is 20.7. The van der Waals surface area contributed by atoms with Crippen molar-refractivity contribution < 1.29 is 22.1 Å². The van der Waals surface area contributed by atoms with Gasteiger partial charge >= 0.3 is 0 Å². The average Bonchev–Trinajstić information content (AvgIpc) is 2.90. The van der Waals surface area contributed by atoms with Crippen molar-refractivity contribution in [2.45, 2.75) is 33.1 Å². The molecule has 0 spiro atoms. The molecule has 0 amide bonds. The average molecular weight is 479 g/mol. The number of halogens is 1. The molecule has 8 heteroatoms. The smallest absolute Gasteiger partial charge is 0.215 e. The Morgan fingerprint density at radius 3 is 2.34 bits per heavy atom. The summed E-state index contributed by atoms with van der Waals surface area (Å²) < 4.78 is 35.1. The van der Waals surface area contributed by atoms with Gasteiger partial charge in [0.05, 0.1) is 5.41 Å². The van der Waals surface area contributed by atoms with Crippen LogP contribution in [0.5, 0.6) is 0 Å². The summed E-state index contributed by atoms with van der Waals surface area (Å²) in [5.74, 6) is 0.648. The van der Waals surface area contributed by atoms with E-state index in [0.29, 0.717) is 5.88 Å². The highest BCUT2D eigenvalue weighted by Crippen LogP contribution is 2.39. The Labute approximate surface area is 196 Å². The van der Waals surface area contributed by atoms with Crippen LogP contribution in [0.15, 0.2) is 48.5 Å². The maximum absolute atomic E-state index is 8.63. The zero-order valence-electron chi connectivity index (χ0n) is 19.2. The number of alkyl halides is 1. The lowest BCUT2D eigenvalue weighted by Crippen LogP contribution is -2.26. The molecular weight excluding hydrogens is 448 g/mol. The number of benzene rings is 2. The third-order valence-electron chi connectivity index (χ3n) is 5.72. The Bertz CT molecular complexity index is 1120. The van der Waals surface area contributed by atoms with Gasteiger partial charge in [-0.1, -0.05) is 24.3 Å². The molecule has 0 aromatic heterocycles. The molecular formula is C24H31ClN2O4S. The Morgan fingerprint density at radius 1 is 1.19 bits per heavy atom. The number of rotatable bonds is 6. The van der Waals surface area contributed by atoms with Crippen molar-refractivity contribution in [2.75, 3.05) is 30.9 Å². The van der Waals surface area contributed by atoms with E-state index in [-0.39, 0.29) is 5.41 Å². The minimum absolute atomic E-state index is 0.00897. The summed E-state index contributed by atoms with van der Waals surface area (Å²) in [6.07, 6.45) is 4.52. The van der Waals surface area contributed by atoms with Crippen molar-refractivity contribution in [3.63, 3.8) is 0 Å². The van der Waals surface area contributed by atoms with Gasteiger partial charge in [-0.25, -0.2) is 8.42 Å². The van der Waals surface area contributed by atoms with Crippen LogP contribution in [0.3, 0.4) is 0 Å². The van der Waals surface area contributed by atoms with Crippen molar-refractivity contribution in [2.24, 2.45) is 0 Å². The molecule has 2 aromatic carbocycles. The largest absolute Gasteiger partial charge is 0.726 e. The van der Waals surface area contributed by atoms with Gasteiger partial charge in [-0.3, -0.25) is 4.55 Å². The van der Waals surface area contributed by atoms with Crippen LogP contribution in [-0.4, -0.2) is 53.8 Å². The Balaban J connectivity index is 0.000000654. The van der Waals surface area contributed by atoms with Gasteiger partial charge in [0, 0.05) is 42.4 Å². The highest BCUT2D eigenvalue weighted by Gasteiger charge is 2.42. The zero-order chi connectivity index (χ0) is 24.1. The molecule has 6 nitrogen and oxygen atoms in total. The molecule has 2 aromatic rings. The second-order valence-electron chi connectivity index (χ2n) is 8.16. The van der Waals surface area contributed by atoms with Crippen LogP contribution in [0.2, 0.25) is 0 Å². The minimum Gasteiger partial charge on any atom is -0.726 e. The van der Waals surface area contributed by atoms with E-state index in [2.05, 4.69) is 98.8 Å². The molecule has 3 rings (SSSR count). The fraction of sp³-hybridized carbons (Fsp3) is 0.375. The van der Waals surface area contributed by atoms with E-state index < -0.39 is 10.4 Å². The van der Waals surface area contributed by atoms with E-state index in [0.717, 1.165) is 13.1 Å². The van der Waals surface area contributed by atoms with Crippen molar-refractivity contribution in [1.82, 2.24) is 0 Å². The first kappa shape index (κ1) is 26.1. The summed E-state index contributed by atoms with van der Waals surface area (Å²) in [5, 5.41) is 0. The van der Waals surface area contributed by atoms with E-state index in [9.17, 15) is 0 Å². The number of aryl methyl sites for hydroxylation is 1. The Kier molecular flexibility index (Phi) is 8.65. The number of anilines is 1. The lowest BCUT2D eigenvalue weighted by Gasteiger charge is -2.22. The van der Waals surface area contributed by atoms with Crippen LogP contribution in [0.1, 0.15) is 37.5 Å². The summed E-state index contributed by atoms with van der Waals surface area (Å²) >= 11 is 5.94. The normalized spacial score (nSPS) is 14.9. The van der Waals surface area contributed by atoms with Crippen LogP contribution < -0.4 is 4.90 Å². The first-order valence-electron chi connectivity index (χ1n) is 10.4. The second kappa shape index (κ2) is 10.6. The summed E-state index contributed by atoms with van der Waals surface area (Å²) in [7, 11) is -2.76. The summed E-state index contributed by atoms with van der Waals surface area (Å²) in [6.45, 7) is 10.8. The standard InChI is InChI=1S/C24H30ClN2.H2O4S/c1-6-27(16-15-25)20-13-11-19(18(2)17-20)12-14-23-24(3,4)21-9-7-8-10-22(21)26(23)5;1-5(2,3)4/h7-14,17H,6,15-16H2,1-5H3;(H2,1,2,3,4)/q+1;/p-1. The van der Waals surface area contributed by atoms with Crippen LogP contribution in [0.25, 0.3) is 6.08 Å². The van der Waals surface area contributed by atoms with E-state index in [1.165, 1.54) is 33.8 Å². The van der Waals surface area contributed by atoms with Crippen molar-refractivity contribution in [3.8, 4) is 0 Å². The highest BCUT2D eigenvalue weighted by atomic mass is 35.5. The van der Waals surface area contributed by atoms with Crippen LogP contribution in [-0.2, 0) is 15.8 Å². The van der Waals surface area contributed by atoms with Crippen LogP contribution >= 0.6 is 11.6 Å². The molecule has 0 bridgehead atoms. The molecule has 0 radical (unpaired) electrons. The Hall–Kier alpha value is -2.19. The monoisotopic (exact) mass is 478 g/mol. The first-order chi connectivity index (χ1) is 14.9. The first-order valence-corrected chi connectivity index (χ1v) is 12.3. The molecule has 0 aliphatic carbocycles. The maximum Gasteiger partial charge on any atom is 0.215 e. The molecule has 1 aliphatic rings. The van der Waals surface area contributed by atoms with Crippen LogP contribution in [0.4, 0.5) is 11.4 Å². The maximum atomic E-state index is 8.63. The van der Waals surface area contributed by atoms with E-state index in [1.54, 1.807) is 0 Å². The number of fused-ring (bicyclic) bond motifs is 1. The Morgan fingerprint density at radius 2 is 1.81 bits per heavy atom. The molecule has 1 aliphatic heterocycles. The van der Waals surface area contributed by atoms with Crippen molar-refractivity contribution >= 4 is 45.2 Å². The topological polar surface area (TPSA) is 83.7 Å². The lowest BCUT2D eigenvalue weighted by atomic mass is 9.81. The third kappa shape index (κ3) is 6.42. The van der Waals surface area contributed by atoms with Gasteiger partial charge in [0.15, 0.2) is 5.71 Å². The second-order valence-corrected chi connectivity index (χ2v) is 9.39. The van der Waals surface area contributed by atoms with E-state index in [1.807, 2.05) is 0 Å². The van der Waals surface area contributed by atoms with E-state index in [4.69, 9.17) is 29.1 Å². The molecule has 1 N–H and O–H groups in total. The number of para-hydroxylation sites is 1. The van der Waals surface area contributed by atoms with Gasteiger partial charge in [-0.05, 0) is 57.0 Å². The SMILES string of the molecule is CCN(CCCl)c1ccc(/C=C/C2=[N+](C)c3ccccc3C2(C)C)c(C)c1.O=S(=O)([O-])O. The molecule has 0 fully saturated rings. The fourth-order valence-corrected chi connectivity index (χ4v) is 4.29. The predicted octanol–water partition coefficient (Wildman–Crippen LogP) is 4.78. The quantitative estimate of drug-likeness (QED) is 0.279. The molecule has 0 atom stereocenters. The van der Waals surface area contributed by atoms with Gasteiger partial charge in [-0.2, -0.15) is 4.58 Å².